The Kier molecular flexibility index (Phi) is 6.06. The zero-order valence-electron chi connectivity index (χ0n) is 16.5. The van der Waals surface area contributed by atoms with E-state index in [-0.39, 0.29) is 17.3 Å². The van der Waals surface area contributed by atoms with Crippen molar-refractivity contribution in [2.45, 2.75) is 13.8 Å². The number of nitrogens with zero attached hydrogens (tertiary/aromatic N) is 3. The Morgan fingerprint density at radius 3 is 2.57 bits per heavy atom. The first-order chi connectivity index (χ1) is 14.4. The summed E-state index contributed by atoms with van der Waals surface area (Å²) >= 11 is 0. The van der Waals surface area contributed by atoms with Crippen molar-refractivity contribution in [3.05, 3.63) is 75.6 Å². The number of carbonyl (C=O) groups is 1. The third-order valence-corrected chi connectivity index (χ3v) is 4.31. The van der Waals surface area contributed by atoms with Crippen molar-refractivity contribution in [1.29, 1.82) is 0 Å². The number of para-hydroxylation sites is 1. The molecule has 0 aliphatic heterocycles. The summed E-state index contributed by atoms with van der Waals surface area (Å²) in [7, 11) is 1.44. The number of aromatic nitrogens is 2. The average molecular weight is 409 g/mol. The van der Waals surface area contributed by atoms with E-state index in [1.54, 1.807) is 36.4 Å². The lowest BCUT2D eigenvalue weighted by atomic mass is 10.1. The van der Waals surface area contributed by atoms with Crippen LogP contribution < -0.4 is 20.3 Å². The van der Waals surface area contributed by atoms with Crippen LogP contribution in [0.15, 0.2) is 48.8 Å². The highest BCUT2D eigenvalue weighted by atomic mass is 16.6. The summed E-state index contributed by atoms with van der Waals surface area (Å²) in [5, 5.41) is 11.6. The van der Waals surface area contributed by atoms with Gasteiger partial charge < -0.3 is 9.47 Å². The van der Waals surface area contributed by atoms with Gasteiger partial charge in [0.2, 0.25) is 5.82 Å². The van der Waals surface area contributed by atoms with Crippen molar-refractivity contribution in [3.8, 4) is 17.4 Å². The molecule has 0 fully saturated rings. The van der Waals surface area contributed by atoms with Crippen molar-refractivity contribution in [3.63, 3.8) is 0 Å². The zero-order chi connectivity index (χ0) is 21.7. The molecule has 0 aliphatic rings. The molecule has 1 amide bonds. The maximum atomic E-state index is 12.4. The van der Waals surface area contributed by atoms with Crippen molar-refractivity contribution in [2.24, 2.45) is 0 Å². The second-order valence-corrected chi connectivity index (χ2v) is 6.26. The van der Waals surface area contributed by atoms with Gasteiger partial charge in [-0.3, -0.25) is 25.8 Å². The van der Waals surface area contributed by atoms with E-state index in [0.717, 1.165) is 17.5 Å². The molecule has 0 spiro atoms. The fourth-order valence-electron chi connectivity index (χ4n) is 2.60. The SMILES string of the molecule is COc1ccccc1C(=O)NNc1ncnc(Oc2ccc(C)c(C)c2)c1[N+](=O)[O-]. The molecule has 0 saturated heterocycles. The number of hydrogen-bond acceptors (Lipinski definition) is 8. The lowest BCUT2D eigenvalue weighted by Gasteiger charge is -2.12. The predicted octanol–water partition coefficient (Wildman–Crippen LogP) is 3.56. The molecule has 10 nitrogen and oxygen atoms in total. The fourth-order valence-corrected chi connectivity index (χ4v) is 2.60. The third-order valence-electron chi connectivity index (χ3n) is 4.31. The number of ether oxygens (including phenoxy) is 2. The van der Waals surface area contributed by atoms with E-state index in [2.05, 4.69) is 20.8 Å². The summed E-state index contributed by atoms with van der Waals surface area (Å²) in [5.41, 5.74) is 6.59. The number of rotatable bonds is 7. The summed E-state index contributed by atoms with van der Waals surface area (Å²) in [6.45, 7) is 3.84. The van der Waals surface area contributed by atoms with E-state index in [9.17, 15) is 14.9 Å². The Labute approximate surface area is 172 Å². The molecule has 1 heterocycles. The van der Waals surface area contributed by atoms with Gasteiger partial charge >= 0.3 is 11.6 Å². The van der Waals surface area contributed by atoms with Crippen LogP contribution in [0.25, 0.3) is 0 Å². The smallest absolute Gasteiger partial charge is 0.374 e. The molecule has 0 atom stereocenters. The number of carbonyl (C=O) groups excluding carboxylic acids is 1. The molecule has 0 unspecified atom stereocenters. The number of hydrazine groups is 1. The van der Waals surface area contributed by atoms with E-state index >= 15 is 0 Å². The zero-order valence-corrected chi connectivity index (χ0v) is 16.5. The largest absolute Gasteiger partial charge is 0.496 e. The highest BCUT2D eigenvalue weighted by molar-refractivity contribution is 5.97. The first-order valence-electron chi connectivity index (χ1n) is 8.84. The Bertz CT molecular complexity index is 1100. The van der Waals surface area contributed by atoms with Gasteiger partial charge in [0, 0.05) is 0 Å². The Hall–Kier alpha value is -4.21. The average Bonchev–Trinajstić information content (AvgIpc) is 2.74. The number of methoxy groups -OCH3 is 1. The van der Waals surface area contributed by atoms with Gasteiger partial charge in [-0.05, 0) is 49.2 Å². The number of nitro groups is 1. The molecule has 2 aromatic carbocycles. The molecule has 0 aliphatic carbocycles. The van der Waals surface area contributed by atoms with Crippen LogP contribution >= 0.6 is 0 Å². The molecular formula is C20H19N5O5. The van der Waals surface area contributed by atoms with E-state index in [1.165, 1.54) is 7.11 Å². The molecular weight excluding hydrogens is 390 g/mol. The van der Waals surface area contributed by atoms with Crippen LogP contribution in [0.1, 0.15) is 21.5 Å². The fraction of sp³-hybridized carbons (Fsp3) is 0.150. The second kappa shape index (κ2) is 8.86. The standard InChI is InChI=1S/C20H19N5O5/c1-12-8-9-14(10-13(12)2)30-20-17(25(27)28)18(21-11-22-20)23-24-19(26)15-6-4-5-7-16(15)29-3/h4-11H,1-3H3,(H,24,26)(H,21,22,23). The lowest BCUT2D eigenvalue weighted by molar-refractivity contribution is -0.385. The maximum absolute atomic E-state index is 12.4. The number of anilines is 1. The van der Waals surface area contributed by atoms with Crippen LogP contribution in [0.5, 0.6) is 17.4 Å². The summed E-state index contributed by atoms with van der Waals surface area (Å²) in [4.78, 5) is 31.1. The van der Waals surface area contributed by atoms with Crippen LogP contribution in [-0.2, 0) is 0 Å². The van der Waals surface area contributed by atoms with E-state index in [1.807, 2.05) is 19.9 Å². The minimum atomic E-state index is -0.687. The Balaban J connectivity index is 1.84. The summed E-state index contributed by atoms with van der Waals surface area (Å²) in [5.74, 6) is -0.293. The lowest BCUT2D eigenvalue weighted by Crippen LogP contribution is -2.30. The van der Waals surface area contributed by atoms with Crippen molar-refractivity contribution < 1.29 is 19.2 Å². The maximum Gasteiger partial charge on any atom is 0.374 e. The summed E-state index contributed by atoms with van der Waals surface area (Å²) in [6, 6.07) is 11.8. The molecule has 10 heteroatoms. The van der Waals surface area contributed by atoms with Crippen molar-refractivity contribution >= 4 is 17.4 Å². The summed E-state index contributed by atoms with van der Waals surface area (Å²) in [6.07, 6.45) is 1.10. The Morgan fingerprint density at radius 1 is 1.10 bits per heavy atom. The molecule has 30 heavy (non-hydrogen) atoms. The molecule has 3 aromatic rings. The quantitative estimate of drug-likeness (QED) is 0.448. The highest BCUT2D eigenvalue weighted by Gasteiger charge is 2.26. The number of benzene rings is 2. The summed E-state index contributed by atoms with van der Waals surface area (Å²) < 4.78 is 10.8. The van der Waals surface area contributed by atoms with Crippen LogP contribution in [0, 0.1) is 24.0 Å². The molecule has 154 valence electrons. The van der Waals surface area contributed by atoms with Gasteiger partial charge in [0.25, 0.3) is 5.91 Å². The van der Waals surface area contributed by atoms with Gasteiger partial charge in [0.1, 0.15) is 17.8 Å². The number of nitrogens with one attached hydrogen (secondary N) is 2. The van der Waals surface area contributed by atoms with Gasteiger partial charge in [-0.2, -0.15) is 4.98 Å². The predicted molar refractivity (Wildman–Crippen MR) is 109 cm³/mol. The van der Waals surface area contributed by atoms with E-state index < -0.39 is 16.5 Å². The minimum Gasteiger partial charge on any atom is -0.496 e. The first-order valence-corrected chi connectivity index (χ1v) is 8.84. The Morgan fingerprint density at radius 2 is 1.87 bits per heavy atom. The number of hydrogen-bond donors (Lipinski definition) is 2. The molecule has 0 saturated carbocycles. The van der Waals surface area contributed by atoms with Gasteiger partial charge in [-0.25, -0.2) is 4.98 Å². The topological polar surface area (TPSA) is 129 Å². The van der Waals surface area contributed by atoms with E-state index in [4.69, 9.17) is 9.47 Å². The van der Waals surface area contributed by atoms with Gasteiger partial charge in [-0.1, -0.05) is 18.2 Å². The molecule has 0 radical (unpaired) electrons. The van der Waals surface area contributed by atoms with E-state index in [0.29, 0.717) is 11.5 Å². The van der Waals surface area contributed by atoms with Crippen molar-refractivity contribution in [1.82, 2.24) is 15.4 Å². The first kappa shape index (κ1) is 20.5. The minimum absolute atomic E-state index is 0.225. The van der Waals surface area contributed by atoms with Crippen LogP contribution in [0.3, 0.4) is 0 Å². The normalized spacial score (nSPS) is 10.2. The number of amides is 1. The van der Waals surface area contributed by atoms with Gasteiger partial charge in [0.15, 0.2) is 0 Å². The van der Waals surface area contributed by atoms with Crippen molar-refractivity contribution in [2.75, 3.05) is 12.5 Å². The molecule has 0 bridgehead atoms. The highest BCUT2D eigenvalue weighted by Crippen LogP contribution is 2.34. The number of aryl methyl sites for hydroxylation is 2. The van der Waals surface area contributed by atoms with Crippen LogP contribution in [0.4, 0.5) is 11.5 Å². The monoisotopic (exact) mass is 409 g/mol. The molecule has 2 N–H and O–H groups in total. The second-order valence-electron chi connectivity index (χ2n) is 6.26. The molecule has 1 aromatic heterocycles. The van der Waals surface area contributed by atoms with Gasteiger partial charge in [-0.15, -0.1) is 0 Å². The van der Waals surface area contributed by atoms with Crippen LogP contribution in [0.2, 0.25) is 0 Å². The third kappa shape index (κ3) is 4.43. The van der Waals surface area contributed by atoms with Gasteiger partial charge in [0.05, 0.1) is 17.6 Å². The molecule has 3 rings (SSSR count). The van der Waals surface area contributed by atoms with Crippen LogP contribution in [-0.4, -0.2) is 27.9 Å².